The van der Waals surface area contributed by atoms with Crippen molar-refractivity contribution in [3.8, 4) is 6.07 Å². The number of aromatic nitrogens is 3. The standard InChI is InChI=1S/C26H31F3N8O/c1-17(2)35-9-11-36(12-10-35)22(15-31)21(26(27,28)29)7-8-32-25-33-16-19-13-18(14-30)24(38)37(23(19)34-25)20-5-3-4-6-20/h7-8,13,15-17,20H,3-6,9-12,31H2,1-2H3. The third-order valence-corrected chi connectivity index (χ3v) is 7.13. The quantitative estimate of drug-likeness (QED) is 0.448. The SMILES string of the molecule is CC(C)N1CCN(C(=CN)C(=CC=Nc2ncc3cc(C#N)c(=O)n(C4CCCC4)c3n2)C(F)(F)F)CC1. The maximum absolute atomic E-state index is 14.0. The third-order valence-electron chi connectivity index (χ3n) is 7.13. The molecule has 0 bridgehead atoms. The topological polar surface area (TPSA) is 116 Å². The molecule has 2 aromatic heterocycles. The van der Waals surface area contributed by atoms with E-state index in [1.54, 1.807) is 4.90 Å². The Morgan fingerprint density at radius 2 is 1.92 bits per heavy atom. The van der Waals surface area contributed by atoms with Gasteiger partial charge in [-0.2, -0.15) is 23.4 Å². The molecule has 1 saturated carbocycles. The van der Waals surface area contributed by atoms with E-state index in [4.69, 9.17) is 5.73 Å². The second kappa shape index (κ2) is 11.3. The molecule has 4 rings (SSSR count). The van der Waals surface area contributed by atoms with Gasteiger partial charge in [-0.05, 0) is 38.8 Å². The maximum Gasteiger partial charge on any atom is 0.418 e. The molecule has 0 amide bonds. The van der Waals surface area contributed by atoms with Crippen molar-refractivity contribution in [3.63, 3.8) is 0 Å². The molecular formula is C26H31F3N8O. The van der Waals surface area contributed by atoms with E-state index in [0.717, 1.165) is 44.2 Å². The Balaban J connectivity index is 1.66. The van der Waals surface area contributed by atoms with Gasteiger partial charge in [-0.1, -0.05) is 12.8 Å². The number of piperazine rings is 1. The van der Waals surface area contributed by atoms with Crippen LogP contribution in [0.2, 0.25) is 0 Å². The van der Waals surface area contributed by atoms with Crippen LogP contribution < -0.4 is 11.3 Å². The highest BCUT2D eigenvalue weighted by molar-refractivity contribution is 5.79. The van der Waals surface area contributed by atoms with Gasteiger partial charge in [-0.25, -0.2) is 9.98 Å². The largest absolute Gasteiger partial charge is 0.418 e. The smallest absolute Gasteiger partial charge is 0.403 e. The minimum atomic E-state index is -4.66. The number of fused-ring (bicyclic) bond motifs is 1. The average Bonchev–Trinajstić information content (AvgIpc) is 3.42. The van der Waals surface area contributed by atoms with Gasteiger partial charge in [0.2, 0.25) is 0 Å². The van der Waals surface area contributed by atoms with Crippen LogP contribution in [0.1, 0.15) is 51.1 Å². The Labute approximate surface area is 218 Å². The second-order valence-corrected chi connectivity index (χ2v) is 9.76. The molecule has 1 aliphatic carbocycles. The van der Waals surface area contributed by atoms with Crippen molar-refractivity contribution in [2.45, 2.75) is 57.8 Å². The number of nitriles is 1. The van der Waals surface area contributed by atoms with Crippen LogP contribution in [-0.2, 0) is 0 Å². The first-order chi connectivity index (χ1) is 18.1. The second-order valence-electron chi connectivity index (χ2n) is 9.76. The van der Waals surface area contributed by atoms with Crippen LogP contribution >= 0.6 is 0 Å². The first kappa shape index (κ1) is 27.3. The fraction of sp³-hybridized carbons (Fsp3) is 0.500. The Kier molecular flexibility index (Phi) is 8.16. The minimum Gasteiger partial charge on any atom is -0.403 e. The molecule has 2 aliphatic rings. The Morgan fingerprint density at radius 1 is 1.24 bits per heavy atom. The van der Waals surface area contributed by atoms with E-state index in [9.17, 15) is 23.2 Å². The average molecular weight is 529 g/mol. The van der Waals surface area contributed by atoms with Gasteiger partial charge in [0.1, 0.15) is 17.3 Å². The van der Waals surface area contributed by atoms with Crippen LogP contribution in [0.15, 0.2) is 45.6 Å². The lowest BCUT2D eigenvalue weighted by atomic mass is 10.1. The molecule has 12 heteroatoms. The lowest BCUT2D eigenvalue weighted by Crippen LogP contribution is -2.49. The fourth-order valence-electron chi connectivity index (χ4n) is 5.10. The number of hydrogen-bond donors (Lipinski definition) is 1. The molecular weight excluding hydrogens is 497 g/mol. The molecule has 0 radical (unpaired) electrons. The molecule has 202 valence electrons. The Hall–Kier alpha value is -3.72. The number of rotatable bonds is 6. The van der Waals surface area contributed by atoms with Crippen molar-refractivity contribution in [1.82, 2.24) is 24.3 Å². The first-order valence-corrected chi connectivity index (χ1v) is 12.7. The zero-order chi connectivity index (χ0) is 27.4. The highest BCUT2D eigenvalue weighted by Gasteiger charge is 2.38. The van der Waals surface area contributed by atoms with Gasteiger partial charge in [-0.15, -0.1) is 0 Å². The fourth-order valence-corrected chi connectivity index (χ4v) is 5.10. The van der Waals surface area contributed by atoms with Crippen LogP contribution in [0.5, 0.6) is 0 Å². The molecule has 0 unspecified atom stereocenters. The van der Waals surface area contributed by atoms with Crippen molar-refractivity contribution in [3.05, 3.63) is 51.7 Å². The van der Waals surface area contributed by atoms with E-state index in [2.05, 4.69) is 33.7 Å². The van der Waals surface area contributed by atoms with Crippen molar-refractivity contribution < 1.29 is 13.2 Å². The minimum absolute atomic E-state index is 0.00247. The van der Waals surface area contributed by atoms with Gasteiger partial charge >= 0.3 is 6.18 Å². The molecule has 0 aromatic carbocycles. The predicted octanol–water partition coefficient (Wildman–Crippen LogP) is 3.80. The molecule has 2 N–H and O–H groups in total. The molecule has 0 atom stereocenters. The lowest BCUT2D eigenvalue weighted by molar-refractivity contribution is -0.0918. The van der Waals surface area contributed by atoms with Gasteiger partial charge in [0.25, 0.3) is 11.5 Å². The summed E-state index contributed by atoms with van der Waals surface area (Å²) in [4.78, 5) is 29.3. The van der Waals surface area contributed by atoms with Gasteiger partial charge in [0.05, 0.1) is 11.3 Å². The normalized spacial score (nSPS) is 18.7. The molecule has 1 saturated heterocycles. The summed E-state index contributed by atoms with van der Waals surface area (Å²) >= 11 is 0. The molecule has 38 heavy (non-hydrogen) atoms. The zero-order valence-corrected chi connectivity index (χ0v) is 21.4. The summed E-state index contributed by atoms with van der Waals surface area (Å²) < 4.78 is 43.6. The number of allylic oxidation sites excluding steroid dienone is 2. The summed E-state index contributed by atoms with van der Waals surface area (Å²) in [7, 11) is 0. The number of nitrogens with two attached hydrogens (primary N) is 1. The maximum atomic E-state index is 14.0. The molecule has 1 aliphatic heterocycles. The monoisotopic (exact) mass is 528 g/mol. The number of aliphatic imine (C=N–C) groups is 1. The summed E-state index contributed by atoms with van der Waals surface area (Å²) in [5.74, 6) is -0.0880. The summed E-state index contributed by atoms with van der Waals surface area (Å²) in [6.45, 7) is 6.21. The first-order valence-electron chi connectivity index (χ1n) is 12.7. The molecule has 3 heterocycles. The summed E-state index contributed by atoms with van der Waals surface area (Å²) in [6, 6.07) is 3.56. The summed E-state index contributed by atoms with van der Waals surface area (Å²) in [5, 5.41) is 9.88. The lowest BCUT2D eigenvalue weighted by Gasteiger charge is -2.39. The number of nitrogens with zero attached hydrogens (tertiary/aromatic N) is 7. The molecule has 0 spiro atoms. The highest BCUT2D eigenvalue weighted by Crippen LogP contribution is 2.33. The number of halogens is 3. The van der Waals surface area contributed by atoms with Crippen molar-refractivity contribution >= 4 is 23.2 Å². The van der Waals surface area contributed by atoms with Crippen LogP contribution in [0, 0.1) is 11.3 Å². The van der Waals surface area contributed by atoms with Crippen LogP contribution in [0.4, 0.5) is 19.1 Å². The van der Waals surface area contributed by atoms with Crippen LogP contribution in [0.25, 0.3) is 11.0 Å². The van der Waals surface area contributed by atoms with E-state index < -0.39 is 17.3 Å². The molecule has 2 aromatic rings. The number of hydrogen-bond acceptors (Lipinski definition) is 8. The van der Waals surface area contributed by atoms with Crippen LogP contribution in [-0.4, -0.2) is 68.9 Å². The van der Waals surface area contributed by atoms with E-state index >= 15 is 0 Å². The van der Waals surface area contributed by atoms with Crippen molar-refractivity contribution in [1.29, 1.82) is 5.26 Å². The Bertz CT molecular complexity index is 1360. The van der Waals surface area contributed by atoms with Crippen molar-refractivity contribution in [2.75, 3.05) is 26.2 Å². The highest BCUT2D eigenvalue weighted by atomic mass is 19.4. The van der Waals surface area contributed by atoms with E-state index in [1.807, 2.05) is 6.07 Å². The number of pyridine rings is 1. The molecule has 2 fully saturated rings. The van der Waals surface area contributed by atoms with Gasteiger partial charge < -0.3 is 10.6 Å². The van der Waals surface area contributed by atoms with Gasteiger partial charge in [0, 0.05) is 62.3 Å². The van der Waals surface area contributed by atoms with E-state index in [0.29, 0.717) is 43.3 Å². The van der Waals surface area contributed by atoms with Gasteiger partial charge in [-0.3, -0.25) is 14.3 Å². The predicted molar refractivity (Wildman–Crippen MR) is 139 cm³/mol. The summed E-state index contributed by atoms with van der Waals surface area (Å²) in [5.41, 5.74) is 4.53. The van der Waals surface area contributed by atoms with Crippen LogP contribution in [0.3, 0.4) is 0 Å². The molecule has 9 nitrogen and oxygen atoms in total. The number of alkyl halides is 3. The van der Waals surface area contributed by atoms with Gasteiger partial charge in [0.15, 0.2) is 0 Å². The summed E-state index contributed by atoms with van der Waals surface area (Å²) in [6.07, 6.45) is 3.09. The van der Waals surface area contributed by atoms with E-state index in [1.165, 1.54) is 16.8 Å². The van der Waals surface area contributed by atoms with E-state index in [-0.39, 0.29) is 23.3 Å². The zero-order valence-electron chi connectivity index (χ0n) is 21.4. The Morgan fingerprint density at radius 3 is 2.50 bits per heavy atom. The third kappa shape index (κ3) is 5.72. The van der Waals surface area contributed by atoms with Crippen molar-refractivity contribution in [2.24, 2.45) is 10.7 Å².